The van der Waals surface area contributed by atoms with E-state index in [0.717, 1.165) is 5.56 Å². The van der Waals surface area contributed by atoms with Crippen molar-refractivity contribution in [3.8, 4) is 5.75 Å². The normalized spacial score (nSPS) is 12.2. The van der Waals surface area contributed by atoms with Crippen LogP contribution in [-0.4, -0.2) is 17.8 Å². The summed E-state index contributed by atoms with van der Waals surface area (Å²) in [6.07, 6.45) is -0.269. The third kappa shape index (κ3) is 4.47. The summed E-state index contributed by atoms with van der Waals surface area (Å²) in [5.74, 6) is 0.328. The molecule has 1 atom stereocenters. The van der Waals surface area contributed by atoms with Gasteiger partial charge in [0.05, 0.1) is 10.6 Å². The average molecular weight is 360 g/mol. The van der Waals surface area contributed by atoms with Gasteiger partial charge in [0.2, 0.25) is 0 Å². The molecule has 0 heterocycles. The molecule has 1 N–H and O–H groups in total. The Kier molecular flexibility index (Phi) is 5.40. The number of ether oxygens (including phenoxy) is 1. The van der Waals surface area contributed by atoms with Gasteiger partial charge in [-0.1, -0.05) is 17.7 Å². The standard InChI is InChI=1S/C15H13BrClFO2/c16-14-8-10(1-6-15(14)18)7-12(19)9-20-13-4-2-11(17)3-5-13/h1-6,8,12,19H,7,9H2. The minimum absolute atomic E-state index is 0.163. The summed E-state index contributed by atoms with van der Waals surface area (Å²) in [6.45, 7) is 0.163. The van der Waals surface area contributed by atoms with Crippen LogP contribution in [0.2, 0.25) is 5.02 Å². The van der Waals surface area contributed by atoms with E-state index in [2.05, 4.69) is 15.9 Å². The van der Waals surface area contributed by atoms with Crippen LogP contribution in [0.25, 0.3) is 0 Å². The topological polar surface area (TPSA) is 29.5 Å². The molecular formula is C15H13BrClFO2. The zero-order chi connectivity index (χ0) is 14.5. The monoisotopic (exact) mass is 358 g/mol. The Morgan fingerprint density at radius 1 is 1.20 bits per heavy atom. The van der Waals surface area contributed by atoms with Crippen LogP contribution in [0.15, 0.2) is 46.9 Å². The Labute approximate surface area is 130 Å². The van der Waals surface area contributed by atoms with Gasteiger partial charge in [0, 0.05) is 11.4 Å². The van der Waals surface area contributed by atoms with E-state index < -0.39 is 6.10 Å². The van der Waals surface area contributed by atoms with Crippen molar-refractivity contribution in [3.05, 3.63) is 63.3 Å². The minimum Gasteiger partial charge on any atom is -0.491 e. The average Bonchev–Trinajstić information content (AvgIpc) is 2.42. The third-order valence-electron chi connectivity index (χ3n) is 2.71. The Bertz CT molecular complexity index is 575. The second kappa shape index (κ2) is 7.07. The minimum atomic E-state index is -0.664. The van der Waals surface area contributed by atoms with E-state index in [0.29, 0.717) is 21.7 Å². The molecular weight excluding hydrogens is 347 g/mol. The summed E-state index contributed by atoms with van der Waals surface area (Å²) in [7, 11) is 0. The number of aliphatic hydroxyl groups is 1. The molecule has 0 aliphatic carbocycles. The highest BCUT2D eigenvalue weighted by molar-refractivity contribution is 9.10. The molecule has 20 heavy (non-hydrogen) atoms. The second-order valence-electron chi connectivity index (χ2n) is 4.37. The zero-order valence-electron chi connectivity index (χ0n) is 10.5. The number of hydrogen-bond acceptors (Lipinski definition) is 2. The molecule has 0 aliphatic rings. The van der Waals surface area contributed by atoms with Crippen LogP contribution in [-0.2, 0) is 6.42 Å². The molecule has 5 heteroatoms. The van der Waals surface area contributed by atoms with E-state index >= 15 is 0 Å². The Balaban J connectivity index is 1.87. The van der Waals surface area contributed by atoms with Crippen molar-refractivity contribution in [1.82, 2.24) is 0 Å². The van der Waals surface area contributed by atoms with Gasteiger partial charge >= 0.3 is 0 Å². The lowest BCUT2D eigenvalue weighted by molar-refractivity contribution is 0.108. The summed E-state index contributed by atoms with van der Waals surface area (Å²) >= 11 is 8.89. The van der Waals surface area contributed by atoms with E-state index in [1.54, 1.807) is 36.4 Å². The van der Waals surface area contributed by atoms with Gasteiger partial charge < -0.3 is 9.84 Å². The largest absolute Gasteiger partial charge is 0.491 e. The molecule has 0 saturated heterocycles. The third-order valence-corrected chi connectivity index (χ3v) is 3.57. The van der Waals surface area contributed by atoms with Gasteiger partial charge in [-0.05, 0) is 57.9 Å². The van der Waals surface area contributed by atoms with Crippen LogP contribution in [0, 0.1) is 5.82 Å². The number of hydrogen-bond donors (Lipinski definition) is 1. The van der Waals surface area contributed by atoms with Crippen molar-refractivity contribution >= 4 is 27.5 Å². The van der Waals surface area contributed by atoms with Crippen molar-refractivity contribution in [2.45, 2.75) is 12.5 Å². The van der Waals surface area contributed by atoms with Crippen molar-refractivity contribution in [2.75, 3.05) is 6.61 Å². The molecule has 2 rings (SSSR count). The zero-order valence-corrected chi connectivity index (χ0v) is 12.9. The molecule has 0 aliphatic heterocycles. The van der Waals surface area contributed by atoms with Gasteiger partial charge in [0.25, 0.3) is 0 Å². The predicted octanol–water partition coefficient (Wildman–Crippen LogP) is 4.22. The lowest BCUT2D eigenvalue weighted by Crippen LogP contribution is -2.20. The molecule has 2 aromatic rings. The van der Waals surface area contributed by atoms with Gasteiger partial charge in [-0.2, -0.15) is 0 Å². The first-order valence-electron chi connectivity index (χ1n) is 6.05. The van der Waals surface area contributed by atoms with Crippen LogP contribution in [0.1, 0.15) is 5.56 Å². The maximum absolute atomic E-state index is 13.1. The lowest BCUT2D eigenvalue weighted by atomic mass is 10.1. The van der Waals surface area contributed by atoms with Crippen LogP contribution in [0.4, 0.5) is 4.39 Å². The number of benzene rings is 2. The number of aliphatic hydroxyl groups excluding tert-OH is 1. The molecule has 2 aromatic carbocycles. The maximum atomic E-state index is 13.1. The summed E-state index contributed by atoms with van der Waals surface area (Å²) < 4.78 is 18.9. The first-order chi connectivity index (χ1) is 9.54. The fourth-order valence-corrected chi connectivity index (χ4v) is 2.27. The Morgan fingerprint density at radius 2 is 1.90 bits per heavy atom. The smallest absolute Gasteiger partial charge is 0.137 e. The van der Waals surface area contributed by atoms with E-state index in [1.165, 1.54) is 6.07 Å². The van der Waals surface area contributed by atoms with Crippen molar-refractivity contribution < 1.29 is 14.2 Å². The van der Waals surface area contributed by atoms with Crippen molar-refractivity contribution in [3.63, 3.8) is 0 Å². The summed E-state index contributed by atoms with van der Waals surface area (Å²) in [6, 6.07) is 11.6. The van der Waals surface area contributed by atoms with Gasteiger partial charge in [0.15, 0.2) is 0 Å². The van der Waals surface area contributed by atoms with E-state index in [4.69, 9.17) is 16.3 Å². The first-order valence-corrected chi connectivity index (χ1v) is 7.22. The van der Waals surface area contributed by atoms with Crippen LogP contribution in [0.5, 0.6) is 5.75 Å². The maximum Gasteiger partial charge on any atom is 0.137 e. The van der Waals surface area contributed by atoms with Crippen molar-refractivity contribution in [2.24, 2.45) is 0 Å². The summed E-state index contributed by atoms with van der Waals surface area (Å²) in [5, 5.41) is 10.6. The highest BCUT2D eigenvalue weighted by Gasteiger charge is 2.08. The van der Waals surface area contributed by atoms with Crippen LogP contribution >= 0.6 is 27.5 Å². The molecule has 0 aromatic heterocycles. The molecule has 2 nitrogen and oxygen atoms in total. The molecule has 0 spiro atoms. The number of rotatable bonds is 5. The first kappa shape index (κ1) is 15.3. The van der Waals surface area contributed by atoms with Gasteiger partial charge in [-0.25, -0.2) is 4.39 Å². The summed E-state index contributed by atoms with van der Waals surface area (Å²) in [4.78, 5) is 0. The molecule has 0 amide bonds. The second-order valence-corrected chi connectivity index (χ2v) is 5.66. The molecule has 106 valence electrons. The predicted molar refractivity (Wildman–Crippen MR) is 80.8 cm³/mol. The molecule has 0 fully saturated rings. The van der Waals surface area contributed by atoms with E-state index in [1.807, 2.05) is 0 Å². The van der Waals surface area contributed by atoms with Gasteiger partial charge in [-0.3, -0.25) is 0 Å². The summed E-state index contributed by atoms with van der Waals surface area (Å²) in [5.41, 5.74) is 0.838. The highest BCUT2D eigenvalue weighted by Crippen LogP contribution is 2.19. The van der Waals surface area contributed by atoms with E-state index in [9.17, 15) is 9.50 Å². The molecule has 0 radical (unpaired) electrons. The quantitative estimate of drug-likeness (QED) is 0.866. The van der Waals surface area contributed by atoms with Crippen LogP contribution in [0.3, 0.4) is 0 Å². The highest BCUT2D eigenvalue weighted by atomic mass is 79.9. The van der Waals surface area contributed by atoms with Crippen LogP contribution < -0.4 is 4.74 Å². The van der Waals surface area contributed by atoms with Crippen molar-refractivity contribution in [1.29, 1.82) is 0 Å². The van der Waals surface area contributed by atoms with Gasteiger partial charge in [0.1, 0.15) is 18.2 Å². The Morgan fingerprint density at radius 3 is 2.55 bits per heavy atom. The molecule has 1 unspecified atom stereocenters. The lowest BCUT2D eigenvalue weighted by Gasteiger charge is -2.13. The number of halogens is 3. The fraction of sp³-hybridized carbons (Fsp3) is 0.200. The van der Waals surface area contributed by atoms with E-state index in [-0.39, 0.29) is 12.4 Å². The fourth-order valence-electron chi connectivity index (χ4n) is 1.72. The molecule has 0 saturated carbocycles. The Hall–Kier alpha value is -1.10. The van der Waals surface area contributed by atoms with Gasteiger partial charge in [-0.15, -0.1) is 0 Å². The SMILES string of the molecule is OC(COc1ccc(Cl)cc1)Cc1ccc(F)c(Br)c1. The molecule has 0 bridgehead atoms.